The smallest absolute Gasteiger partial charge is 0.164 e. The van der Waals surface area contributed by atoms with Crippen molar-refractivity contribution in [2.45, 2.75) is 5.41 Å². The normalized spacial score (nSPS) is 13.2. The number of hydrogen-bond acceptors (Lipinski definition) is 5. The lowest BCUT2D eigenvalue weighted by Crippen LogP contribution is -2.29. The molecule has 5 heteroatoms. The molecule has 0 radical (unpaired) electrons. The molecule has 1 spiro atoms. The van der Waals surface area contributed by atoms with Gasteiger partial charge in [0.2, 0.25) is 0 Å². The van der Waals surface area contributed by atoms with Gasteiger partial charge >= 0.3 is 0 Å². The van der Waals surface area contributed by atoms with Crippen LogP contribution < -0.4 is 0 Å². The maximum Gasteiger partial charge on any atom is 0.164 e. The van der Waals surface area contributed by atoms with Gasteiger partial charge in [-0.2, -0.15) is 0 Å². The Morgan fingerprint density at radius 1 is 0.286 bits per heavy atom. The summed E-state index contributed by atoms with van der Waals surface area (Å²) in [6, 6.07) is 71.1. The zero-order valence-electron chi connectivity index (χ0n) is 33.7. The van der Waals surface area contributed by atoms with Crippen LogP contribution in [0.4, 0.5) is 0 Å². The van der Waals surface area contributed by atoms with Gasteiger partial charge in [0.25, 0.3) is 0 Å². The molecule has 5 nitrogen and oxygen atoms in total. The van der Waals surface area contributed by atoms with Crippen LogP contribution in [0.25, 0.3) is 111 Å². The molecule has 0 aliphatic heterocycles. The summed E-state index contributed by atoms with van der Waals surface area (Å²) in [4.78, 5) is 16.2. The second-order valence-electron chi connectivity index (χ2n) is 16.6. The van der Waals surface area contributed by atoms with Crippen molar-refractivity contribution in [3.8, 4) is 67.5 Å². The van der Waals surface area contributed by atoms with Crippen molar-refractivity contribution in [2.75, 3.05) is 0 Å². The van der Waals surface area contributed by atoms with Crippen LogP contribution in [0.1, 0.15) is 22.3 Å². The minimum absolute atomic E-state index is 0.565. The lowest BCUT2D eigenvalue weighted by molar-refractivity contribution is 0.668. The van der Waals surface area contributed by atoms with E-state index in [9.17, 15) is 0 Å². The quantitative estimate of drug-likeness (QED) is 0.178. The molecule has 12 aromatic rings. The van der Waals surface area contributed by atoms with Crippen molar-refractivity contribution in [3.63, 3.8) is 0 Å². The number of hydrogen-bond donors (Lipinski definition) is 0. The van der Waals surface area contributed by atoms with Gasteiger partial charge in [0.1, 0.15) is 22.3 Å². The fraction of sp³-hybridized carbons (Fsp3) is 0.0172. The van der Waals surface area contributed by atoms with Crippen molar-refractivity contribution in [2.24, 2.45) is 0 Å². The molecule has 3 aromatic heterocycles. The molecule has 14 rings (SSSR count). The van der Waals surface area contributed by atoms with E-state index in [1.54, 1.807) is 0 Å². The van der Waals surface area contributed by atoms with Gasteiger partial charge in [-0.25, -0.2) is 15.0 Å². The third-order valence-corrected chi connectivity index (χ3v) is 13.4. The summed E-state index contributed by atoms with van der Waals surface area (Å²) in [6.07, 6.45) is 0. The molecule has 0 atom stereocenters. The first kappa shape index (κ1) is 34.3. The van der Waals surface area contributed by atoms with E-state index < -0.39 is 5.41 Å². The highest BCUT2D eigenvalue weighted by Crippen LogP contribution is 2.61. The summed E-state index contributed by atoms with van der Waals surface area (Å²) in [5.41, 5.74) is 17.6. The van der Waals surface area contributed by atoms with Gasteiger partial charge < -0.3 is 8.83 Å². The number of fused-ring (bicyclic) bond motifs is 18. The van der Waals surface area contributed by atoms with Crippen molar-refractivity contribution in [1.29, 1.82) is 0 Å². The monoisotopic (exact) mass is 803 g/mol. The molecule has 2 aliphatic rings. The van der Waals surface area contributed by atoms with E-state index >= 15 is 0 Å². The van der Waals surface area contributed by atoms with E-state index in [0.717, 1.165) is 66.1 Å². The standard InChI is InChI=1S/C58H33N3O2/c1-2-16-36-35(15-1)37-17-3-8-24-45(37)58(46-25-9-4-18-38(46)39-19-5-10-26-47(39)58)48-32-31-34(33-44(36)48)55-59-56(42-22-13-29-51-53(42)40-20-6-11-27-49(40)62-51)61-57(60-55)43-23-14-30-52-54(43)41-21-7-12-28-50(41)63-52/h1-33H. The van der Waals surface area contributed by atoms with Crippen LogP contribution in [0.15, 0.2) is 209 Å². The maximum atomic E-state index is 6.39. The fourth-order valence-electron chi connectivity index (χ4n) is 10.9. The fourth-order valence-corrected chi connectivity index (χ4v) is 10.9. The second kappa shape index (κ2) is 12.8. The van der Waals surface area contributed by atoms with E-state index in [2.05, 4.69) is 140 Å². The van der Waals surface area contributed by atoms with Crippen LogP contribution in [0.3, 0.4) is 0 Å². The predicted molar refractivity (Wildman–Crippen MR) is 252 cm³/mol. The molecule has 0 saturated carbocycles. The summed E-state index contributed by atoms with van der Waals surface area (Å²) in [5.74, 6) is 1.71. The van der Waals surface area contributed by atoms with Gasteiger partial charge in [0.15, 0.2) is 17.5 Å². The first-order valence-electron chi connectivity index (χ1n) is 21.3. The van der Waals surface area contributed by atoms with Crippen LogP contribution in [0.5, 0.6) is 0 Å². The number of furan rings is 2. The Hall–Kier alpha value is -8.41. The SMILES string of the molecule is c1ccc2c(c1)-c1ccccc1C1(c3ccc(-c4nc(-c5cccc6oc7ccccc7c56)nc(-c5cccc6oc7ccccc7c56)n4)cc3-2)c2ccccc2-c2ccccc21. The van der Waals surface area contributed by atoms with Gasteiger partial charge in [-0.3, -0.25) is 0 Å². The number of para-hydroxylation sites is 2. The Morgan fingerprint density at radius 2 is 0.667 bits per heavy atom. The van der Waals surface area contributed by atoms with Crippen LogP contribution in [-0.4, -0.2) is 15.0 Å². The Bertz CT molecular complexity index is 3720. The highest BCUT2D eigenvalue weighted by molar-refractivity contribution is 6.13. The summed E-state index contributed by atoms with van der Waals surface area (Å²) in [6.45, 7) is 0. The van der Waals surface area contributed by atoms with Gasteiger partial charge in [-0.05, 0) is 86.0 Å². The Labute approximate surface area is 361 Å². The van der Waals surface area contributed by atoms with Gasteiger partial charge in [-0.1, -0.05) is 170 Å². The average molecular weight is 804 g/mol. The molecule has 9 aromatic carbocycles. The molecule has 0 saturated heterocycles. The van der Waals surface area contributed by atoms with Gasteiger partial charge in [0.05, 0.1) is 5.41 Å². The molecule has 3 heterocycles. The molecule has 63 heavy (non-hydrogen) atoms. The minimum atomic E-state index is -0.581. The Kier molecular flexibility index (Phi) is 6.97. The lowest BCUT2D eigenvalue weighted by atomic mass is 9.66. The Balaban J connectivity index is 1.08. The van der Waals surface area contributed by atoms with E-state index in [-0.39, 0.29) is 0 Å². The molecule has 2 aliphatic carbocycles. The summed E-state index contributed by atoms with van der Waals surface area (Å²) < 4.78 is 12.8. The van der Waals surface area contributed by atoms with Crippen LogP contribution in [-0.2, 0) is 5.41 Å². The van der Waals surface area contributed by atoms with E-state index in [1.165, 1.54) is 50.1 Å². The molecule has 0 amide bonds. The third-order valence-electron chi connectivity index (χ3n) is 13.4. The largest absolute Gasteiger partial charge is 0.456 e. The number of aromatic nitrogens is 3. The molecular formula is C58H33N3O2. The van der Waals surface area contributed by atoms with E-state index in [0.29, 0.717) is 17.5 Å². The average Bonchev–Trinajstić information content (AvgIpc) is 4.00. The van der Waals surface area contributed by atoms with Crippen LogP contribution >= 0.6 is 0 Å². The second-order valence-corrected chi connectivity index (χ2v) is 16.6. The van der Waals surface area contributed by atoms with Crippen molar-refractivity contribution in [1.82, 2.24) is 15.0 Å². The van der Waals surface area contributed by atoms with Gasteiger partial charge in [-0.15, -0.1) is 0 Å². The first-order valence-corrected chi connectivity index (χ1v) is 21.3. The summed E-state index contributed by atoms with van der Waals surface area (Å²) >= 11 is 0. The molecule has 0 unspecified atom stereocenters. The zero-order valence-corrected chi connectivity index (χ0v) is 33.7. The van der Waals surface area contributed by atoms with Crippen molar-refractivity contribution in [3.05, 3.63) is 222 Å². The van der Waals surface area contributed by atoms with Crippen molar-refractivity contribution >= 4 is 43.9 Å². The lowest BCUT2D eigenvalue weighted by Gasteiger charge is -2.35. The molecule has 292 valence electrons. The molecule has 0 N–H and O–H groups in total. The van der Waals surface area contributed by atoms with Crippen LogP contribution in [0, 0.1) is 0 Å². The zero-order chi connectivity index (χ0) is 41.2. The Morgan fingerprint density at radius 3 is 1.21 bits per heavy atom. The molecule has 0 bridgehead atoms. The number of nitrogens with zero attached hydrogens (tertiary/aromatic N) is 3. The minimum Gasteiger partial charge on any atom is -0.456 e. The molecular weight excluding hydrogens is 771 g/mol. The van der Waals surface area contributed by atoms with E-state index in [4.69, 9.17) is 23.8 Å². The summed E-state index contributed by atoms with van der Waals surface area (Å²) in [5, 5.41) is 3.96. The first-order chi connectivity index (χ1) is 31.2. The summed E-state index contributed by atoms with van der Waals surface area (Å²) in [7, 11) is 0. The maximum absolute atomic E-state index is 6.39. The topological polar surface area (TPSA) is 65.0 Å². The number of rotatable bonds is 3. The molecule has 0 fully saturated rings. The van der Waals surface area contributed by atoms with Gasteiger partial charge in [0, 0.05) is 38.2 Å². The number of benzene rings is 9. The highest BCUT2D eigenvalue weighted by Gasteiger charge is 2.49. The van der Waals surface area contributed by atoms with Crippen molar-refractivity contribution < 1.29 is 8.83 Å². The highest BCUT2D eigenvalue weighted by atomic mass is 16.3. The predicted octanol–water partition coefficient (Wildman–Crippen LogP) is 14.7. The third kappa shape index (κ3) is 4.68. The van der Waals surface area contributed by atoms with E-state index in [1.807, 2.05) is 60.7 Å². The van der Waals surface area contributed by atoms with Crippen LogP contribution in [0.2, 0.25) is 0 Å².